The molecule has 1 fully saturated rings. The molecule has 146 valence electrons. The van der Waals surface area contributed by atoms with E-state index in [4.69, 9.17) is 27.9 Å². The Hall–Kier alpha value is -1.18. The molecule has 2 aliphatic rings. The lowest BCUT2D eigenvalue weighted by Gasteiger charge is -2.30. The van der Waals surface area contributed by atoms with E-state index in [0.717, 1.165) is 60.2 Å². The molecule has 2 aromatic rings. The molecule has 0 radical (unpaired) electrons. The van der Waals surface area contributed by atoms with Crippen molar-refractivity contribution in [3.8, 4) is 5.69 Å². The van der Waals surface area contributed by atoms with Crippen LogP contribution in [0.4, 0.5) is 0 Å². The molecular weight excluding hydrogens is 387 g/mol. The number of nitrogens with zero attached hydrogens (tertiary/aromatic N) is 3. The zero-order valence-electron chi connectivity index (χ0n) is 15.1. The van der Waals surface area contributed by atoms with E-state index in [0.29, 0.717) is 18.3 Å². The number of aromatic nitrogens is 3. The van der Waals surface area contributed by atoms with Crippen LogP contribution in [0.3, 0.4) is 0 Å². The van der Waals surface area contributed by atoms with E-state index in [2.05, 4.69) is 26.1 Å². The number of aliphatic hydroxyl groups is 1. The summed E-state index contributed by atoms with van der Waals surface area (Å²) < 4.78 is 8.11. The predicted octanol–water partition coefficient (Wildman–Crippen LogP) is 3.17. The molecule has 0 saturated heterocycles. The number of rotatable bonds is 5. The lowest BCUT2D eigenvalue weighted by Crippen LogP contribution is -2.30. The van der Waals surface area contributed by atoms with Crippen LogP contribution >= 0.6 is 23.2 Å². The summed E-state index contributed by atoms with van der Waals surface area (Å²) >= 11 is 12.0. The van der Waals surface area contributed by atoms with E-state index in [9.17, 15) is 5.11 Å². The van der Waals surface area contributed by atoms with Crippen LogP contribution in [-0.4, -0.2) is 44.6 Å². The Morgan fingerprint density at radius 3 is 2.78 bits per heavy atom. The van der Waals surface area contributed by atoms with Crippen LogP contribution in [0.1, 0.15) is 48.8 Å². The largest absolute Gasteiger partial charge is 0.394 e. The van der Waals surface area contributed by atoms with Gasteiger partial charge in [0.05, 0.1) is 36.9 Å². The molecule has 2 N–H and O–H groups in total. The Kier molecular flexibility index (Phi) is 5.99. The van der Waals surface area contributed by atoms with E-state index < -0.39 is 0 Å². The van der Waals surface area contributed by atoms with Gasteiger partial charge in [0.2, 0.25) is 0 Å². The number of fused-ring (bicyclic) bond motifs is 3. The average Bonchev–Trinajstić information content (AvgIpc) is 3.02. The fourth-order valence-corrected chi connectivity index (χ4v) is 4.42. The first-order chi connectivity index (χ1) is 13.2. The van der Waals surface area contributed by atoms with Crippen molar-refractivity contribution in [2.24, 2.45) is 0 Å². The maximum atomic E-state index is 9.28. The molecule has 1 aliphatic carbocycles. The second-order valence-corrected chi connectivity index (χ2v) is 8.00. The monoisotopic (exact) mass is 410 g/mol. The predicted molar refractivity (Wildman–Crippen MR) is 105 cm³/mol. The van der Waals surface area contributed by atoms with Gasteiger partial charge >= 0.3 is 0 Å². The molecule has 1 aliphatic heterocycles. The minimum atomic E-state index is -0.278. The second-order valence-electron chi connectivity index (χ2n) is 7.26. The normalized spacial score (nSPS) is 23.4. The van der Waals surface area contributed by atoms with E-state index in [-0.39, 0.29) is 18.8 Å². The summed E-state index contributed by atoms with van der Waals surface area (Å²) in [5.74, 6) is 2.62. The summed E-state index contributed by atoms with van der Waals surface area (Å²) in [6.07, 6.45) is 3.72. The molecule has 1 atom stereocenters. The summed E-state index contributed by atoms with van der Waals surface area (Å²) in [7, 11) is 0. The van der Waals surface area contributed by atoms with Crippen LogP contribution in [0, 0.1) is 0 Å². The third-order valence-electron chi connectivity index (χ3n) is 5.44. The Balaban J connectivity index is 1.54. The van der Waals surface area contributed by atoms with Crippen molar-refractivity contribution in [3.63, 3.8) is 0 Å². The van der Waals surface area contributed by atoms with Crippen molar-refractivity contribution in [1.82, 2.24) is 20.1 Å². The molecule has 2 heterocycles. The summed E-state index contributed by atoms with van der Waals surface area (Å²) in [5.41, 5.74) is 2.27. The van der Waals surface area contributed by atoms with Gasteiger partial charge < -0.3 is 15.2 Å². The first-order valence-corrected chi connectivity index (χ1v) is 10.4. The van der Waals surface area contributed by atoms with Gasteiger partial charge in [-0.3, -0.25) is 4.57 Å². The molecule has 4 rings (SSSR count). The number of aliphatic hydroxyl groups excluding tert-OH is 1. The SMILES string of the molecule is OCC(CCl)OC1CCC(c2nnc3n2-c2ccc(Cl)cc2CNC3)CC1. The number of alkyl halides is 1. The van der Waals surface area contributed by atoms with Crippen LogP contribution < -0.4 is 5.32 Å². The fraction of sp³-hybridized carbons (Fsp3) is 0.579. The zero-order chi connectivity index (χ0) is 18.8. The highest BCUT2D eigenvalue weighted by atomic mass is 35.5. The summed E-state index contributed by atoms with van der Waals surface area (Å²) in [5, 5.41) is 22.4. The highest BCUT2D eigenvalue weighted by molar-refractivity contribution is 6.30. The van der Waals surface area contributed by atoms with Gasteiger partial charge in [-0.1, -0.05) is 11.6 Å². The van der Waals surface area contributed by atoms with Crippen molar-refractivity contribution in [3.05, 3.63) is 40.4 Å². The van der Waals surface area contributed by atoms with Gasteiger partial charge in [0, 0.05) is 17.5 Å². The Labute approximate surface area is 168 Å². The molecule has 1 aromatic heterocycles. The molecular formula is C19H24Cl2N4O2. The molecule has 0 amide bonds. The van der Waals surface area contributed by atoms with Crippen LogP contribution in [0.5, 0.6) is 0 Å². The van der Waals surface area contributed by atoms with Gasteiger partial charge in [-0.15, -0.1) is 21.8 Å². The van der Waals surface area contributed by atoms with Gasteiger partial charge in [0.15, 0.2) is 5.82 Å². The highest BCUT2D eigenvalue weighted by Crippen LogP contribution is 2.36. The second kappa shape index (κ2) is 8.45. The van der Waals surface area contributed by atoms with Crippen molar-refractivity contribution >= 4 is 23.2 Å². The van der Waals surface area contributed by atoms with Gasteiger partial charge in [0.1, 0.15) is 5.82 Å². The molecule has 27 heavy (non-hydrogen) atoms. The Morgan fingerprint density at radius 1 is 1.22 bits per heavy atom. The van der Waals surface area contributed by atoms with E-state index >= 15 is 0 Å². The van der Waals surface area contributed by atoms with Crippen LogP contribution in [0.2, 0.25) is 5.02 Å². The fourth-order valence-electron chi connectivity index (χ4n) is 4.05. The van der Waals surface area contributed by atoms with Crippen molar-refractivity contribution in [2.75, 3.05) is 12.5 Å². The minimum Gasteiger partial charge on any atom is -0.394 e. The standard InChI is InChI=1S/C19H24Cl2N4O2/c20-8-16(11-26)27-15-4-1-12(2-5-15)19-24-23-18-10-22-9-13-7-14(21)3-6-17(13)25(18)19/h3,6-7,12,15-16,22,26H,1-2,4-5,8-11H2. The lowest BCUT2D eigenvalue weighted by atomic mass is 9.86. The lowest BCUT2D eigenvalue weighted by molar-refractivity contribution is -0.0444. The summed E-state index contributed by atoms with van der Waals surface area (Å²) in [6.45, 7) is 1.42. The summed E-state index contributed by atoms with van der Waals surface area (Å²) in [6, 6.07) is 5.99. The van der Waals surface area contributed by atoms with Crippen LogP contribution in [-0.2, 0) is 17.8 Å². The minimum absolute atomic E-state index is 0.0343. The Morgan fingerprint density at radius 2 is 2.04 bits per heavy atom. The number of hydrogen-bond acceptors (Lipinski definition) is 5. The third kappa shape index (κ3) is 4.00. The number of halogens is 2. The summed E-state index contributed by atoms with van der Waals surface area (Å²) in [4.78, 5) is 0. The topological polar surface area (TPSA) is 72.2 Å². The van der Waals surface area contributed by atoms with E-state index in [1.165, 1.54) is 0 Å². The van der Waals surface area contributed by atoms with Crippen LogP contribution in [0.25, 0.3) is 5.69 Å². The molecule has 0 bridgehead atoms. The van der Waals surface area contributed by atoms with Gasteiger partial charge in [-0.2, -0.15) is 0 Å². The van der Waals surface area contributed by atoms with Crippen molar-refractivity contribution in [1.29, 1.82) is 0 Å². The molecule has 1 saturated carbocycles. The molecule has 8 heteroatoms. The maximum Gasteiger partial charge on any atom is 0.151 e. The molecule has 1 aromatic carbocycles. The maximum absolute atomic E-state index is 9.28. The van der Waals surface area contributed by atoms with Gasteiger partial charge in [0.25, 0.3) is 0 Å². The first-order valence-electron chi connectivity index (χ1n) is 9.45. The first kappa shape index (κ1) is 19.2. The van der Waals surface area contributed by atoms with E-state index in [1.807, 2.05) is 12.1 Å². The van der Waals surface area contributed by atoms with Crippen molar-refractivity contribution < 1.29 is 9.84 Å². The van der Waals surface area contributed by atoms with Crippen molar-refractivity contribution in [2.45, 2.75) is 56.9 Å². The molecule has 1 unspecified atom stereocenters. The third-order valence-corrected chi connectivity index (χ3v) is 6.02. The smallest absolute Gasteiger partial charge is 0.151 e. The number of benzene rings is 1. The average molecular weight is 411 g/mol. The molecule has 0 spiro atoms. The highest BCUT2D eigenvalue weighted by Gasteiger charge is 2.30. The van der Waals surface area contributed by atoms with E-state index in [1.54, 1.807) is 0 Å². The van der Waals surface area contributed by atoms with Crippen LogP contribution in [0.15, 0.2) is 18.2 Å². The number of nitrogens with one attached hydrogen (secondary N) is 1. The Bertz CT molecular complexity index is 786. The quantitative estimate of drug-likeness (QED) is 0.740. The number of hydrogen-bond donors (Lipinski definition) is 2. The number of ether oxygens (including phenoxy) is 1. The van der Waals surface area contributed by atoms with Gasteiger partial charge in [-0.25, -0.2) is 0 Å². The zero-order valence-corrected chi connectivity index (χ0v) is 16.6. The molecule has 6 nitrogen and oxygen atoms in total. The van der Waals surface area contributed by atoms with Gasteiger partial charge in [-0.05, 0) is 49.4 Å².